The highest BCUT2D eigenvalue weighted by Gasteiger charge is 2.09. The van der Waals surface area contributed by atoms with Gasteiger partial charge in [0.05, 0.1) is 11.1 Å². The summed E-state index contributed by atoms with van der Waals surface area (Å²) in [6, 6.07) is 8.75. The van der Waals surface area contributed by atoms with E-state index < -0.39 is 0 Å². The maximum absolute atomic E-state index is 12.0. The fraction of sp³-hybridized carbons (Fsp3) is 0.118. The first-order chi connectivity index (χ1) is 12.3. The first kappa shape index (κ1) is 18.4. The Morgan fingerprint density at radius 3 is 2.73 bits per heavy atom. The standard InChI is InChI=1S/C17H15Cl2N5OS/c1-9-5-14(20)24(15(25)6-9)21-8-13-16(19)23-17(26-13)22-11-4-3-10(2)12(18)7-11/h3-8H,20H2,1-2H3,(H,22,23)/b21-8+. The first-order valence-electron chi connectivity index (χ1n) is 7.56. The third-order valence-electron chi connectivity index (χ3n) is 3.50. The number of benzene rings is 1. The van der Waals surface area contributed by atoms with E-state index >= 15 is 0 Å². The van der Waals surface area contributed by atoms with Crippen molar-refractivity contribution in [3.63, 3.8) is 0 Å². The number of rotatable bonds is 4. The molecule has 9 heteroatoms. The second-order valence-corrected chi connectivity index (χ2v) is 7.41. The molecule has 2 heterocycles. The zero-order valence-electron chi connectivity index (χ0n) is 14.0. The summed E-state index contributed by atoms with van der Waals surface area (Å²) in [5, 5.41) is 8.78. The number of anilines is 3. The average molecular weight is 408 g/mol. The highest BCUT2D eigenvalue weighted by molar-refractivity contribution is 7.17. The van der Waals surface area contributed by atoms with Crippen molar-refractivity contribution < 1.29 is 0 Å². The molecule has 1 aromatic carbocycles. The molecule has 0 bridgehead atoms. The van der Waals surface area contributed by atoms with Gasteiger partial charge in [-0.2, -0.15) is 9.78 Å². The van der Waals surface area contributed by atoms with Crippen LogP contribution in [0.2, 0.25) is 10.2 Å². The first-order valence-corrected chi connectivity index (χ1v) is 9.14. The lowest BCUT2D eigenvalue weighted by Gasteiger charge is -2.04. The van der Waals surface area contributed by atoms with Crippen molar-refractivity contribution >= 4 is 57.4 Å². The number of aryl methyl sites for hydroxylation is 2. The maximum Gasteiger partial charge on any atom is 0.273 e. The van der Waals surface area contributed by atoms with Crippen LogP contribution in [0.1, 0.15) is 16.0 Å². The van der Waals surface area contributed by atoms with E-state index in [-0.39, 0.29) is 16.5 Å². The molecule has 0 aliphatic heterocycles. The number of halogens is 2. The monoisotopic (exact) mass is 407 g/mol. The van der Waals surface area contributed by atoms with Gasteiger partial charge in [0.15, 0.2) is 10.3 Å². The summed E-state index contributed by atoms with van der Waals surface area (Å²) in [6.45, 7) is 3.72. The minimum atomic E-state index is -0.313. The number of nitrogen functional groups attached to an aromatic ring is 1. The molecule has 0 saturated heterocycles. The largest absolute Gasteiger partial charge is 0.384 e. The van der Waals surface area contributed by atoms with Crippen molar-refractivity contribution in [2.45, 2.75) is 13.8 Å². The summed E-state index contributed by atoms with van der Waals surface area (Å²) < 4.78 is 1.11. The van der Waals surface area contributed by atoms with Crippen LogP contribution >= 0.6 is 34.5 Å². The number of hydrogen-bond acceptors (Lipinski definition) is 6. The van der Waals surface area contributed by atoms with Gasteiger partial charge in [-0.15, -0.1) is 0 Å². The van der Waals surface area contributed by atoms with Gasteiger partial charge in [0.1, 0.15) is 5.82 Å². The summed E-state index contributed by atoms with van der Waals surface area (Å²) in [4.78, 5) is 16.8. The molecule has 0 unspecified atom stereocenters. The van der Waals surface area contributed by atoms with Crippen LogP contribution in [0.3, 0.4) is 0 Å². The Balaban J connectivity index is 1.84. The average Bonchev–Trinajstić information content (AvgIpc) is 2.89. The fourth-order valence-corrected chi connectivity index (χ4v) is 3.42. The Morgan fingerprint density at radius 1 is 1.27 bits per heavy atom. The zero-order chi connectivity index (χ0) is 18.8. The molecule has 2 aromatic heterocycles. The molecule has 0 fully saturated rings. The lowest BCUT2D eigenvalue weighted by Crippen LogP contribution is -2.19. The molecule has 3 aromatic rings. The van der Waals surface area contributed by atoms with Gasteiger partial charge in [-0.25, -0.2) is 4.98 Å². The Bertz CT molecular complexity index is 1060. The van der Waals surface area contributed by atoms with Crippen LogP contribution in [0, 0.1) is 13.8 Å². The van der Waals surface area contributed by atoms with Crippen molar-refractivity contribution in [3.05, 3.63) is 66.9 Å². The number of nitrogens with two attached hydrogens (primary N) is 1. The molecule has 0 spiro atoms. The lowest BCUT2D eigenvalue weighted by molar-refractivity contribution is 0.844. The Hall–Kier alpha value is -2.35. The van der Waals surface area contributed by atoms with E-state index in [1.54, 1.807) is 13.0 Å². The van der Waals surface area contributed by atoms with Gasteiger partial charge in [-0.3, -0.25) is 4.79 Å². The van der Waals surface area contributed by atoms with E-state index in [1.807, 2.05) is 25.1 Å². The third kappa shape index (κ3) is 4.07. The number of thiazole rings is 1. The smallest absolute Gasteiger partial charge is 0.273 e. The van der Waals surface area contributed by atoms with Gasteiger partial charge in [0.2, 0.25) is 0 Å². The van der Waals surface area contributed by atoms with E-state index in [4.69, 9.17) is 28.9 Å². The van der Waals surface area contributed by atoms with Crippen molar-refractivity contribution in [3.8, 4) is 0 Å². The predicted octanol–water partition coefficient (Wildman–Crippen LogP) is 4.44. The molecule has 26 heavy (non-hydrogen) atoms. The summed E-state index contributed by atoms with van der Waals surface area (Å²) in [7, 11) is 0. The zero-order valence-corrected chi connectivity index (χ0v) is 16.3. The van der Waals surface area contributed by atoms with Crippen LogP contribution in [-0.4, -0.2) is 15.9 Å². The molecule has 0 aliphatic carbocycles. The van der Waals surface area contributed by atoms with Crippen molar-refractivity contribution in [2.75, 3.05) is 11.1 Å². The normalized spacial score (nSPS) is 11.2. The topological polar surface area (TPSA) is 85.3 Å². The predicted molar refractivity (Wildman–Crippen MR) is 109 cm³/mol. The molecule has 0 amide bonds. The third-order valence-corrected chi connectivity index (χ3v) is 5.22. The minimum absolute atomic E-state index is 0.250. The number of hydrogen-bond donors (Lipinski definition) is 2. The van der Waals surface area contributed by atoms with Crippen LogP contribution < -0.4 is 16.6 Å². The summed E-state index contributed by atoms with van der Waals surface area (Å²) in [6.07, 6.45) is 1.46. The van der Waals surface area contributed by atoms with Gasteiger partial charge >= 0.3 is 0 Å². The molecular formula is C17H15Cl2N5OS. The number of nitrogens with zero attached hydrogens (tertiary/aromatic N) is 3. The summed E-state index contributed by atoms with van der Waals surface area (Å²) >= 11 is 13.6. The van der Waals surface area contributed by atoms with Crippen molar-refractivity contribution in [2.24, 2.45) is 5.10 Å². The lowest BCUT2D eigenvalue weighted by atomic mass is 10.2. The van der Waals surface area contributed by atoms with E-state index in [1.165, 1.54) is 23.6 Å². The van der Waals surface area contributed by atoms with Gasteiger partial charge in [-0.1, -0.05) is 40.6 Å². The Morgan fingerprint density at radius 2 is 2.04 bits per heavy atom. The molecule has 0 saturated carbocycles. The maximum atomic E-state index is 12.0. The Kier molecular flexibility index (Phi) is 5.31. The molecule has 3 rings (SSSR count). The van der Waals surface area contributed by atoms with E-state index in [2.05, 4.69) is 15.4 Å². The van der Waals surface area contributed by atoms with Crippen LogP contribution in [0.25, 0.3) is 0 Å². The van der Waals surface area contributed by atoms with Gasteiger partial charge in [0, 0.05) is 16.8 Å². The molecule has 0 atom stereocenters. The van der Waals surface area contributed by atoms with E-state index in [0.717, 1.165) is 21.5 Å². The highest BCUT2D eigenvalue weighted by Crippen LogP contribution is 2.29. The number of pyridine rings is 1. The summed E-state index contributed by atoms with van der Waals surface area (Å²) in [5.41, 5.74) is 8.09. The SMILES string of the molecule is Cc1cc(N)n(/N=C/c2sc(Nc3ccc(C)c(Cl)c3)nc2Cl)c(=O)c1. The van der Waals surface area contributed by atoms with Crippen LogP contribution in [0.15, 0.2) is 40.2 Å². The van der Waals surface area contributed by atoms with Gasteiger partial charge in [0.25, 0.3) is 5.56 Å². The molecule has 3 N–H and O–H groups in total. The van der Waals surface area contributed by atoms with Gasteiger partial charge in [-0.05, 0) is 43.2 Å². The highest BCUT2D eigenvalue weighted by atomic mass is 35.5. The second kappa shape index (κ2) is 7.49. The summed E-state index contributed by atoms with van der Waals surface area (Å²) in [5.74, 6) is 0.250. The van der Waals surface area contributed by atoms with Crippen LogP contribution in [-0.2, 0) is 0 Å². The fourth-order valence-electron chi connectivity index (χ4n) is 2.19. The van der Waals surface area contributed by atoms with E-state index in [9.17, 15) is 4.79 Å². The number of nitrogens with one attached hydrogen (secondary N) is 1. The molecule has 6 nitrogen and oxygen atoms in total. The van der Waals surface area contributed by atoms with Crippen molar-refractivity contribution in [1.29, 1.82) is 0 Å². The molecular weight excluding hydrogens is 393 g/mol. The molecule has 0 radical (unpaired) electrons. The van der Waals surface area contributed by atoms with Gasteiger partial charge < -0.3 is 11.1 Å². The quantitative estimate of drug-likeness (QED) is 0.626. The Labute approximate surface area is 163 Å². The second-order valence-electron chi connectivity index (χ2n) is 5.62. The van der Waals surface area contributed by atoms with Crippen molar-refractivity contribution in [1.82, 2.24) is 9.66 Å². The van der Waals surface area contributed by atoms with E-state index in [0.29, 0.717) is 15.0 Å². The number of aromatic nitrogens is 2. The molecule has 134 valence electrons. The van der Waals surface area contributed by atoms with Crippen LogP contribution in [0.4, 0.5) is 16.6 Å². The minimum Gasteiger partial charge on any atom is -0.384 e. The van der Waals surface area contributed by atoms with Crippen LogP contribution in [0.5, 0.6) is 0 Å². The molecule has 0 aliphatic rings.